The predicted molar refractivity (Wildman–Crippen MR) is 88.7 cm³/mol. The molecule has 124 valence electrons. The summed E-state index contributed by atoms with van der Waals surface area (Å²) in [6, 6.07) is 6.70. The van der Waals surface area contributed by atoms with Gasteiger partial charge in [0.25, 0.3) is 0 Å². The van der Waals surface area contributed by atoms with Gasteiger partial charge in [0.2, 0.25) is 5.91 Å². The van der Waals surface area contributed by atoms with E-state index in [9.17, 15) is 18.8 Å². The summed E-state index contributed by atoms with van der Waals surface area (Å²) in [5.74, 6) is -1.87. The van der Waals surface area contributed by atoms with Gasteiger partial charge < -0.3 is 5.32 Å². The Hall–Kier alpha value is -2.46. The number of carbonyl (C=O) groups is 1. The first kappa shape index (κ1) is 17.9. The lowest BCUT2D eigenvalue weighted by atomic mass is 10.1. The fourth-order valence-electron chi connectivity index (χ4n) is 2.07. The second kappa shape index (κ2) is 7.41. The SMILES string of the molecule is Cc1cc(C)c(C#N)c(SC(C)C(=O)Nc2cc(F)ccc2F)n1. The van der Waals surface area contributed by atoms with E-state index in [4.69, 9.17) is 0 Å². The number of halogens is 2. The topological polar surface area (TPSA) is 65.8 Å². The molecule has 1 aromatic heterocycles. The van der Waals surface area contributed by atoms with Gasteiger partial charge in [-0.25, -0.2) is 13.8 Å². The maximum atomic E-state index is 13.6. The summed E-state index contributed by atoms with van der Waals surface area (Å²) in [7, 11) is 0. The number of hydrogen-bond acceptors (Lipinski definition) is 4. The summed E-state index contributed by atoms with van der Waals surface area (Å²) in [4.78, 5) is 16.5. The molecule has 24 heavy (non-hydrogen) atoms. The molecule has 1 amide bonds. The number of nitrogens with one attached hydrogen (secondary N) is 1. The van der Waals surface area contributed by atoms with Crippen LogP contribution >= 0.6 is 11.8 Å². The highest BCUT2D eigenvalue weighted by Crippen LogP contribution is 2.28. The van der Waals surface area contributed by atoms with Crippen LogP contribution in [0.1, 0.15) is 23.7 Å². The van der Waals surface area contributed by atoms with Crippen molar-refractivity contribution in [3.05, 3.63) is 52.7 Å². The quantitative estimate of drug-likeness (QED) is 0.850. The van der Waals surface area contributed by atoms with E-state index < -0.39 is 22.8 Å². The van der Waals surface area contributed by atoms with Crippen LogP contribution in [0.15, 0.2) is 29.3 Å². The largest absolute Gasteiger partial charge is 0.323 e. The molecule has 2 aromatic rings. The molecule has 7 heteroatoms. The van der Waals surface area contributed by atoms with Crippen molar-refractivity contribution >= 4 is 23.4 Å². The zero-order valence-corrected chi connectivity index (χ0v) is 14.2. The number of amides is 1. The molecule has 0 saturated carbocycles. The van der Waals surface area contributed by atoms with E-state index in [0.29, 0.717) is 10.6 Å². The lowest BCUT2D eigenvalue weighted by molar-refractivity contribution is -0.115. The number of nitrogens with zero attached hydrogens (tertiary/aromatic N) is 2. The van der Waals surface area contributed by atoms with E-state index in [1.54, 1.807) is 26.8 Å². The van der Waals surface area contributed by atoms with Gasteiger partial charge in [0, 0.05) is 11.8 Å². The van der Waals surface area contributed by atoms with Crippen molar-refractivity contribution in [2.24, 2.45) is 0 Å². The number of pyridine rings is 1. The van der Waals surface area contributed by atoms with E-state index in [1.165, 1.54) is 0 Å². The number of anilines is 1. The standard InChI is InChI=1S/C17H15F2N3OS/c1-9-6-10(2)21-17(13(9)8-20)24-11(3)16(23)22-15-7-12(18)4-5-14(15)19/h4-7,11H,1-3H3,(H,22,23). The molecule has 0 aliphatic heterocycles. The zero-order valence-electron chi connectivity index (χ0n) is 13.4. The normalized spacial score (nSPS) is 11.7. The van der Waals surface area contributed by atoms with Gasteiger partial charge in [-0.15, -0.1) is 0 Å². The van der Waals surface area contributed by atoms with Gasteiger partial charge in [-0.2, -0.15) is 5.26 Å². The second-order valence-electron chi connectivity index (χ2n) is 5.25. The molecular weight excluding hydrogens is 332 g/mol. The average molecular weight is 347 g/mol. The van der Waals surface area contributed by atoms with Crippen molar-refractivity contribution in [3.8, 4) is 6.07 Å². The summed E-state index contributed by atoms with van der Waals surface area (Å²) >= 11 is 1.10. The van der Waals surface area contributed by atoms with E-state index in [-0.39, 0.29) is 5.69 Å². The third-order valence-electron chi connectivity index (χ3n) is 3.27. The number of benzene rings is 1. The molecule has 1 aromatic carbocycles. The maximum absolute atomic E-state index is 13.6. The molecule has 0 spiro atoms. The Morgan fingerprint density at radius 3 is 2.71 bits per heavy atom. The van der Waals surface area contributed by atoms with Gasteiger partial charge >= 0.3 is 0 Å². The van der Waals surface area contributed by atoms with Crippen LogP contribution in [0, 0.1) is 36.8 Å². The minimum atomic E-state index is -0.718. The van der Waals surface area contributed by atoms with E-state index in [1.807, 2.05) is 0 Å². The zero-order chi connectivity index (χ0) is 17.9. The van der Waals surface area contributed by atoms with Crippen molar-refractivity contribution in [2.45, 2.75) is 31.0 Å². The highest BCUT2D eigenvalue weighted by atomic mass is 32.2. The average Bonchev–Trinajstić information content (AvgIpc) is 2.50. The van der Waals surface area contributed by atoms with Gasteiger partial charge in [-0.3, -0.25) is 4.79 Å². The first-order chi connectivity index (χ1) is 11.3. The van der Waals surface area contributed by atoms with Crippen LogP contribution in [0.4, 0.5) is 14.5 Å². The molecule has 0 aliphatic rings. The van der Waals surface area contributed by atoms with E-state index in [0.717, 1.165) is 41.2 Å². The van der Waals surface area contributed by atoms with Crippen LogP contribution in [0.3, 0.4) is 0 Å². The van der Waals surface area contributed by atoms with Crippen molar-refractivity contribution in [1.29, 1.82) is 5.26 Å². The lowest BCUT2D eigenvalue weighted by Gasteiger charge is -2.14. The van der Waals surface area contributed by atoms with Gasteiger partial charge in [-0.1, -0.05) is 11.8 Å². The first-order valence-corrected chi connectivity index (χ1v) is 8.00. The molecule has 0 aliphatic carbocycles. The second-order valence-corrected chi connectivity index (χ2v) is 6.58. The number of thioether (sulfide) groups is 1. The summed E-state index contributed by atoms with van der Waals surface area (Å²) < 4.78 is 26.8. The molecule has 2 rings (SSSR count). The van der Waals surface area contributed by atoms with Gasteiger partial charge in [-0.05, 0) is 44.5 Å². The monoisotopic (exact) mass is 347 g/mol. The molecule has 1 unspecified atom stereocenters. The molecule has 4 nitrogen and oxygen atoms in total. The minimum Gasteiger partial charge on any atom is -0.323 e. The number of carbonyl (C=O) groups excluding carboxylic acids is 1. The third kappa shape index (κ3) is 4.09. The third-order valence-corrected chi connectivity index (χ3v) is 4.35. The molecule has 0 bridgehead atoms. The van der Waals surface area contributed by atoms with Crippen molar-refractivity contribution in [2.75, 3.05) is 5.32 Å². The predicted octanol–water partition coefficient (Wildman–Crippen LogP) is 3.97. The highest BCUT2D eigenvalue weighted by Gasteiger charge is 2.20. The summed E-state index contributed by atoms with van der Waals surface area (Å²) in [5.41, 5.74) is 1.69. The summed E-state index contributed by atoms with van der Waals surface area (Å²) in [5, 5.41) is 11.4. The van der Waals surface area contributed by atoms with Crippen LogP contribution in [0.5, 0.6) is 0 Å². The molecule has 0 fully saturated rings. The van der Waals surface area contributed by atoms with Crippen molar-refractivity contribution < 1.29 is 13.6 Å². The molecule has 1 heterocycles. The van der Waals surface area contributed by atoms with Crippen LogP contribution in [-0.4, -0.2) is 16.1 Å². The highest BCUT2D eigenvalue weighted by molar-refractivity contribution is 8.00. The summed E-state index contributed by atoms with van der Waals surface area (Å²) in [6.45, 7) is 5.20. The lowest BCUT2D eigenvalue weighted by Crippen LogP contribution is -2.23. The number of nitriles is 1. The number of aryl methyl sites for hydroxylation is 2. The Bertz CT molecular complexity index is 833. The van der Waals surface area contributed by atoms with Crippen LogP contribution in [0.2, 0.25) is 0 Å². The van der Waals surface area contributed by atoms with Gasteiger partial charge in [0.15, 0.2) is 0 Å². The number of rotatable bonds is 4. The maximum Gasteiger partial charge on any atom is 0.237 e. The Morgan fingerprint density at radius 2 is 2.04 bits per heavy atom. The van der Waals surface area contributed by atoms with Crippen LogP contribution in [0.25, 0.3) is 0 Å². The van der Waals surface area contributed by atoms with E-state index >= 15 is 0 Å². The Morgan fingerprint density at radius 1 is 1.33 bits per heavy atom. The first-order valence-electron chi connectivity index (χ1n) is 7.12. The van der Waals surface area contributed by atoms with Crippen LogP contribution in [-0.2, 0) is 4.79 Å². The molecular formula is C17H15F2N3OS. The molecule has 0 radical (unpaired) electrons. The van der Waals surface area contributed by atoms with Crippen molar-refractivity contribution in [3.63, 3.8) is 0 Å². The van der Waals surface area contributed by atoms with Crippen molar-refractivity contribution in [1.82, 2.24) is 4.98 Å². The fourth-order valence-corrected chi connectivity index (χ4v) is 3.09. The van der Waals surface area contributed by atoms with Gasteiger partial charge in [0.1, 0.15) is 22.7 Å². The number of aromatic nitrogens is 1. The molecule has 1 N–H and O–H groups in total. The Balaban J connectivity index is 2.18. The smallest absolute Gasteiger partial charge is 0.237 e. The van der Waals surface area contributed by atoms with E-state index in [2.05, 4.69) is 16.4 Å². The van der Waals surface area contributed by atoms with Crippen LogP contribution < -0.4 is 5.32 Å². The van der Waals surface area contributed by atoms with Gasteiger partial charge in [0.05, 0.1) is 16.5 Å². The Kier molecular flexibility index (Phi) is 5.52. The fraction of sp³-hybridized carbons (Fsp3) is 0.235. The molecule has 1 atom stereocenters. The minimum absolute atomic E-state index is 0.221. The Labute approximate surface area is 142 Å². The molecule has 0 saturated heterocycles. The summed E-state index contributed by atoms with van der Waals surface area (Å²) in [6.07, 6.45) is 0. The number of hydrogen-bond donors (Lipinski definition) is 1.